The van der Waals surface area contributed by atoms with Crippen LogP contribution in [0.3, 0.4) is 0 Å². The van der Waals surface area contributed by atoms with E-state index in [1.807, 2.05) is 18.7 Å². The summed E-state index contributed by atoms with van der Waals surface area (Å²) in [4.78, 5) is 26.3. The lowest BCUT2D eigenvalue weighted by atomic mass is 10.2. The van der Waals surface area contributed by atoms with Gasteiger partial charge in [0.05, 0.1) is 6.61 Å². The third-order valence-corrected chi connectivity index (χ3v) is 3.13. The molecule has 1 N–H and O–H groups in total. The van der Waals surface area contributed by atoms with Gasteiger partial charge in [-0.1, -0.05) is 13.8 Å². The monoisotopic (exact) mass is 287 g/mol. The fourth-order valence-corrected chi connectivity index (χ4v) is 1.94. The number of thiocarbonyl (C=S) groups is 1. The quantitative estimate of drug-likeness (QED) is 0.762. The number of alkyl carbamates (subject to hydrolysis) is 1. The molecule has 0 aromatic heterocycles. The first-order valence-electron chi connectivity index (χ1n) is 6.38. The Labute approximate surface area is 119 Å². The van der Waals surface area contributed by atoms with Gasteiger partial charge < -0.3 is 14.5 Å². The molecular weight excluding hydrogens is 266 g/mol. The Hall–Kier alpha value is -1.37. The van der Waals surface area contributed by atoms with E-state index in [2.05, 4.69) is 5.32 Å². The second-order valence-corrected chi connectivity index (χ2v) is 5.30. The summed E-state index contributed by atoms with van der Waals surface area (Å²) >= 11 is 5.14. The number of ether oxygens (including phenoxy) is 1. The van der Waals surface area contributed by atoms with Crippen molar-refractivity contribution >= 4 is 29.3 Å². The molecule has 1 rings (SSSR count). The van der Waals surface area contributed by atoms with Crippen LogP contribution in [0.2, 0.25) is 0 Å². The van der Waals surface area contributed by atoms with E-state index in [4.69, 9.17) is 17.0 Å². The van der Waals surface area contributed by atoms with E-state index >= 15 is 0 Å². The van der Waals surface area contributed by atoms with Crippen LogP contribution < -0.4 is 5.32 Å². The van der Waals surface area contributed by atoms with Crippen LogP contribution in [0.4, 0.5) is 4.79 Å². The number of carbonyl (C=O) groups is 2. The number of amides is 2. The number of nitrogens with zero attached hydrogens (tertiary/aromatic N) is 2. The fourth-order valence-electron chi connectivity index (χ4n) is 1.67. The Kier molecular flexibility index (Phi) is 6.01. The predicted molar refractivity (Wildman–Crippen MR) is 75.7 cm³/mol. The lowest BCUT2D eigenvalue weighted by Gasteiger charge is -2.35. The molecule has 1 saturated heterocycles. The zero-order valence-electron chi connectivity index (χ0n) is 11.6. The summed E-state index contributed by atoms with van der Waals surface area (Å²) in [6, 6.07) is 0. The topological polar surface area (TPSA) is 61.9 Å². The Morgan fingerprint density at radius 1 is 1.21 bits per heavy atom. The number of hydrogen-bond donors (Lipinski definition) is 1. The minimum Gasteiger partial charge on any atom is -0.449 e. The first-order chi connectivity index (χ1) is 8.90. The lowest BCUT2D eigenvalue weighted by Crippen LogP contribution is -2.53. The Morgan fingerprint density at radius 2 is 1.74 bits per heavy atom. The van der Waals surface area contributed by atoms with Crippen LogP contribution in [0, 0.1) is 5.92 Å². The number of piperazine rings is 1. The van der Waals surface area contributed by atoms with Gasteiger partial charge in [-0.2, -0.15) is 0 Å². The predicted octanol–water partition coefficient (Wildman–Crippen LogP) is 0.818. The highest BCUT2D eigenvalue weighted by molar-refractivity contribution is 7.80. The van der Waals surface area contributed by atoms with E-state index in [1.54, 1.807) is 11.8 Å². The normalized spacial score (nSPS) is 15.4. The van der Waals surface area contributed by atoms with E-state index in [1.165, 1.54) is 0 Å². The van der Waals surface area contributed by atoms with Crippen molar-refractivity contribution < 1.29 is 14.3 Å². The molecule has 0 aromatic carbocycles. The van der Waals surface area contributed by atoms with Crippen LogP contribution in [0.15, 0.2) is 0 Å². The zero-order valence-corrected chi connectivity index (χ0v) is 12.5. The molecule has 0 unspecified atom stereocenters. The van der Waals surface area contributed by atoms with Gasteiger partial charge in [-0.3, -0.25) is 10.1 Å². The maximum absolute atomic E-state index is 11.5. The molecule has 19 heavy (non-hydrogen) atoms. The first-order valence-corrected chi connectivity index (χ1v) is 6.79. The molecule has 0 saturated carbocycles. The van der Waals surface area contributed by atoms with Crippen molar-refractivity contribution in [2.45, 2.75) is 20.8 Å². The Morgan fingerprint density at radius 3 is 2.21 bits per heavy atom. The SMILES string of the molecule is CC(=O)N1CCN(C(=S)NC(=O)OCC(C)C)CC1. The number of hydrogen-bond acceptors (Lipinski definition) is 4. The van der Waals surface area contributed by atoms with E-state index in [0.717, 1.165) is 0 Å². The molecule has 0 atom stereocenters. The van der Waals surface area contributed by atoms with Gasteiger partial charge in [0, 0.05) is 33.1 Å². The van der Waals surface area contributed by atoms with Crippen LogP contribution in [0.5, 0.6) is 0 Å². The van der Waals surface area contributed by atoms with Crippen molar-refractivity contribution in [2.24, 2.45) is 5.92 Å². The van der Waals surface area contributed by atoms with Gasteiger partial charge in [0.1, 0.15) is 0 Å². The number of rotatable bonds is 2. The molecule has 108 valence electrons. The molecule has 1 fully saturated rings. The maximum Gasteiger partial charge on any atom is 0.413 e. The van der Waals surface area contributed by atoms with Crippen molar-refractivity contribution in [3.8, 4) is 0 Å². The van der Waals surface area contributed by atoms with Crippen molar-refractivity contribution in [1.82, 2.24) is 15.1 Å². The average molecular weight is 287 g/mol. The minimum atomic E-state index is -0.521. The smallest absolute Gasteiger partial charge is 0.413 e. The van der Waals surface area contributed by atoms with Crippen LogP contribution in [0.25, 0.3) is 0 Å². The molecule has 1 aliphatic heterocycles. The second-order valence-electron chi connectivity index (χ2n) is 4.92. The lowest BCUT2D eigenvalue weighted by molar-refractivity contribution is -0.130. The van der Waals surface area contributed by atoms with Gasteiger partial charge in [-0.05, 0) is 18.1 Å². The second kappa shape index (κ2) is 7.28. The molecule has 1 aliphatic rings. The largest absolute Gasteiger partial charge is 0.449 e. The molecule has 2 amide bonds. The summed E-state index contributed by atoms with van der Waals surface area (Å²) in [5.41, 5.74) is 0. The van der Waals surface area contributed by atoms with Gasteiger partial charge in [0.2, 0.25) is 5.91 Å². The molecule has 0 bridgehead atoms. The molecule has 0 spiro atoms. The molecular formula is C12H21N3O3S. The Balaban J connectivity index is 2.31. The van der Waals surface area contributed by atoms with Crippen molar-refractivity contribution in [3.05, 3.63) is 0 Å². The van der Waals surface area contributed by atoms with Gasteiger partial charge in [0.25, 0.3) is 0 Å². The summed E-state index contributed by atoms with van der Waals surface area (Å²) in [6.07, 6.45) is -0.521. The van der Waals surface area contributed by atoms with Gasteiger partial charge in [0.15, 0.2) is 5.11 Å². The third kappa shape index (κ3) is 5.42. The van der Waals surface area contributed by atoms with Crippen LogP contribution in [0.1, 0.15) is 20.8 Å². The highest BCUT2D eigenvalue weighted by Crippen LogP contribution is 2.02. The molecule has 7 heteroatoms. The molecule has 0 aromatic rings. The van der Waals surface area contributed by atoms with E-state index in [9.17, 15) is 9.59 Å². The number of nitrogens with one attached hydrogen (secondary N) is 1. The summed E-state index contributed by atoms with van der Waals surface area (Å²) in [5.74, 6) is 0.355. The summed E-state index contributed by atoms with van der Waals surface area (Å²) in [5, 5.41) is 2.90. The average Bonchev–Trinajstić information content (AvgIpc) is 2.36. The van der Waals surface area contributed by atoms with Crippen molar-refractivity contribution in [2.75, 3.05) is 32.8 Å². The third-order valence-electron chi connectivity index (χ3n) is 2.77. The number of carbonyl (C=O) groups excluding carboxylic acids is 2. The summed E-state index contributed by atoms with van der Waals surface area (Å²) in [7, 11) is 0. The highest BCUT2D eigenvalue weighted by atomic mass is 32.1. The molecule has 6 nitrogen and oxygen atoms in total. The standard InChI is InChI=1S/C12H21N3O3S/c1-9(2)8-18-12(17)13-11(19)15-6-4-14(5-7-15)10(3)16/h9H,4-8H2,1-3H3,(H,13,17,19). The molecule has 0 radical (unpaired) electrons. The maximum atomic E-state index is 11.5. The van der Waals surface area contributed by atoms with E-state index in [0.29, 0.717) is 43.8 Å². The zero-order chi connectivity index (χ0) is 14.4. The van der Waals surface area contributed by atoms with Crippen molar-refractivity contribution in [3.63, 3.8) is 0 Å². The van der Waals surface area contributed by atoms with Gasteiger partial charge in [-0.25, -0.2) is 4.79 Å². The molecule has 0 aliphatic carbocycles. The molecule has 1 heterocycles. The van der Waals surface area contributed by atoms with Crippen LogP contribution in [-0.4, -0.2) is 59.7 Å². The summed E-state index contributed by atoms with van der Waals surface area (Å²) in [6.45, 7) is 8.35. The summed E-state index contributed by atoms with van der Waals surface area (Å²) < 4.78 is 5.00. The van der Waals surface area contributed by atoms with E-state index < -0.39 is 6.09 Å². The van der Waals surface area contributed by atoms with Crippen LogP contribution >= 0.6 is 12.2 Å². The van der Waals surface area contributed by atoms with Gasteiger partial charge >= 0.3 is 6.09 Å². The van der Waals surface area contributed by atoms with Crippen molar-refractivity contribution in [1.29, 1.82) is 0 Å². The minimum absolute atomic E-state index is 0.0647. The highest BCUT2D eigenvalue weighted by Gasteiger charge is 2.21. The Bertz CT molecular complexity index is 352. The first kappa shape index (κ1) is 15.7. The van der Waals surface area contributed by atoms with E-state index in [-0.39, 0.29) is 5.91 Å². The fraction of sp³-hybridized carbons (Fsp3) is 0.750. The van der Waals surface area contributed by atoms with Crippen LogP contribution in [-0.2, 0) is 9.53 Å². The van der Waals surface area contributed by atoms with Gasteiger partial charge in [-0.15, -0.1) is 0 Å².